The summed E-state index contributed by atoms with van der Waals surface area (Å²) < 4.78 is 3.68. The smallest absolute Gasteiger partial charge is 0.0837 e. The highest BCUT2D eigenvalue weighted by molar-refractivity contribution is 6.31. The molecule has 0 radical (unpaired) electrons. The number of nitrogens with two attached hydrogens (primary N) is 1. The van der Waals surface area contributed by atoms with E-state index in [9.17, 15) is 0 Å². The second kappa shape index (κ2) is 5.75. The van der Waals surface area contributed by atoms with Crippen LogP contribution in [0.15, 0.2) is 12.4 Å². The molecule has 0 aliphatic heterocycles. The SMILES string of the molecule is CCCn1ncc(Cl)c1C(N)c1cn(C)nc1CC. The fraction of sp³-hybridized carbons (Fsp3) is 0.538. The Morgan fingerprint density at radius 3 is 2.79 bits per heavy atom. The quantitative estimate of drug-likeness (QED) is 0.915. The molecule has 2 rings (SSSR count). The first-order valence-corrected chi connectivity index (χ1v) is 6.95. The molecule has 2 aromatic rings. The summed E-state index contributed by atoms with van der Waals surface area (Å²) in [5, 5.41) is 9.34. The maximum absolute atomic E-state index is 6.38. The monoisotopic (exact) mass is 281 g/mol. The van der Waals surface area contributed by atoms with E-state index < -0.39 is 0 Å². The van der Waals surface area contributed by atoms with Gasteiger partial charge in [0.15, 0.2) is 0 Å². The van der Waals surface area contributed by atoms with Gasteiger partial charge in [0.05, 0.1) is 28.6 Å². The van der Waals surface area contributed by atoms with E-state index in [1.165, 1.54) is 0 Å². The van der Waals surface area contributed by atoms with E-state index in [0.717, 1.165) is 36.3 Å². The maximum Gasteiger partial charge on any atom is 0.0837 e. The van der Waals surface area contributed by atoms with E-state index in [2.05, 4.69) is 24.0 Å². The van der Waals surface area contributed by atoms with Crippen LogP contribution in [0.5, 0.6) is 0 Å². The van der Waals surface area contributed by atoms with Gasteiger partial charge < -0.3 is 5.73 Å². The van der Waals surface area contributed by atoms with Crippen LogP contribution in [0.25, 0.3) is 0 Å². The number of hydrogen-bond acceptors (Lipinski definition) is 3. The number of halogens is 1. The third kappa shape index (κ3) is 2.67. The van der Waals surface area contributed by atoms with Crippen molar-refractivity contribution in [3.05, 3.63) is 34.4 Å². The van der Waals surface area contributed by atoms with Gasteiger partial charge in [-0.25, -0.2) is 0 Å². The van der Waals surface area contributed by atoms with Crippen LogP contribution in [-0.4, -0.2) is 19.6 Å². The van der Waals surface area contributed by atoms with Gasteiger partial charge in [-0.2, -0.15) is 10.2 Å². The molecule has 0 aliphatic rings. The second-order valence-corrected chi connectivity index (χ2v) is 5.04. The van der Waals surface area contributed by atoms with Gasteiger partial charge in [-0.3, -0.25) is 9.36 Å². The van der Waals surface area contributed by atoms with Crippen molar-refractivity contribution in [3.8, 4) is 0 Å². The molecule has 0 amide bonds. The normalized spacial score (nSPS) is 12.9. The van der Waals surface area contributed by atoms with E-state index in [-0.39, 0.29) is 6.04 Å². The molecule has 0 fully saturated rings. The Bertz CT molecular complexity index is 557. The van der Waals surface area contributed by atoms with Gasteiger partial charge in [0.2, 0.25) is 0 Å². The molecule has 2 aromatic heterocycles. The van der Waals surface area contributed by atoms with Gasteiger partial charge in [-0.1, -0.05) is 25.4 Å². The number of aryl methyl sites for hydroxylation is 3. The van der Waals surface area contributed by atoms with Crippen LogP contribution in [0.1, 0.15) is 43.3 Å². The molecule has 2 heterocycles. The lowest BCUT2D eigenvalue weighted by Crippen LogP contribution is -2.18. The molecule has 104 valence electrons. The molecule has 19 heavy (non-hydrogen) atoms. The van der Waals surface area contributed by atoms with Gasteiger partial charge in [0, 0.05) is 25.4 Å². The zero-order valence-electron chi connectivity index (χ0n) is 11.6. The van der Waals surface area contributed by atoms with Crippen LogP contribution < -0.4 is 5.73 Å². The highest BCUT2D eigenvalue weighted by atomic mass is 35.5. The molecule has 1 atom stereocenters. The fourth-order valence-electron chi connectivity index (χ4n) is 2.31. The fourth-order valence-corrected chi connectivity index (χ4v) is 2.56. The molecule has 0 bridgehead atoms. The Labute approximate surface area is 118 Å². The molecular weight excluding hydrogens is 262 g/mol. The van der Waals surface area contributed by atoms with Crippen molar-refractivity contribution in [1.82, 2.24) is 19.6 Å². The highest BCUT2D eigenvalue weighted by Crippen LogP contribution is 2.28. The number of nitrogens with zero attached hydrogens (tertiary/aromatic N) is 4. The van der Waals surface area contributed by atoms with Crippen molar-refractivity contribution in [2.75, 3.05) is 0 Å². The number of hydrogen-bond donors (Lipinski definition) is 1. The van der Waals surface area contributed by atoms with Crippen molar-refractivity contribution >= 4 is 11.6 Å². The van der Waals surface area contributed by atoms with Crippen molar-refractivity contribution in [2.45, 2.75) is 39.3 Å². The molecule has 0 aromatic carbocycles. The molecule has 6 heteroatoms. The molecular formula is C13H20ClN5. The third-order valence-corrected chi connectivity index (χ3v) is 3.46. The summed E-state index contributed by atoms with van der Waals surface area (Å²) in [6.07, 6.45) is 5.46. The Morgan fingerprint density at radius 1 is 1.42 bits per heavy atom. The number of rotatable bonds is 5. The summed E-state index contributed by atoms with van der Waals surface area (Å²) in [4.78, 5) is 0. The van der Waals surface area contributed by atoms with Crippen LogP contribution in [0.3, 0.4) is 0 Å². The van der Waals surface area contributed by atoms with Crippen LogP contribution in [0.4, 0.5) is 0 Å². The lowest BCUT2D eigenvalue weighted by Gasteiger charge is -2.14. The van der Waals surface area contributed by atoms with E-state index >= 15 is 0 Å². The lowest BCUT2D eigenvalue weighted by atomic mass is 10.0. The van der Waals surface area contributed by atoms with Gasteiger partial charge in [0.25, 0.3) is 0 Å². The van der Waals surface area contributed by atoms with Crippen molar-refractivity contribution in [1.29, 1.82) is 0 Å². The van der Waals surface area contributed by atoms with Crippen molar-refractivity contribution in [3.63, 3.8) is 0 Å². The molecule has 5 nitrogen and oxygen atoms in total. The summed E-state index contributed by atoms with van der Waals surface area (Å²) in [6.45, 7) is 4.99. The number of aromatic nitrogens is 4. The van der Waals surface area contributed by atoms with Gasteiger partial charge in [-0.05, 0) is 12.8 Å². The zero-order valence-corrected chi connectivity index (χ0v) is 12.4. The van der Waals surface area contributed by atoms with Crippen molar-refractivity contribution in [2.24, 2.45) is 12.8 Å². The summed E-state index contributed by atoms with van der Waals surface area (Å²) >= 11 is 6.24. The van der Waals surface area contributed by atoms with Crippen LogP contribution in [0, 0.1) is 0 Å². The molecule has 0 spiro atoms. The van der Waals surface area contributed by atoms with Crippen molar-refractivity contribution < 1.29 is 0 Å². The van der Waals surface area contributed by atoms with Crippen LogP contribution in [0.2, 0.25) is 5.02 Å². The predicted molar refractivity (Wildman–Crippen MR) is 76.1 cm³/mol. The highest BCUT2D eigenvalue weighted by Gasteiger charge is 2.22. The largest absolute Gasteiger partial charge is 0.319 e. The third-order valence-electron chi connectivity index (χ3n) is 3.17. The molecule has 0 saturated carbocycles. The molecule has 0 aliphatic carbocycles. The van der Waals surface area contributed by atoms with Gasteiger partial charge >= 0.3 is 0 Å². The topological polar surface area (TPSA) is 61.7 Å². The Balaban J connectivity index is 2.43. The summed E-state index contributed by atoms with van der Waals surface area (Å²) in [5.74, 6) is 0. The molecule has 1 unspecified atom stereocenters. The van der Waals surface area contributed by atoms with Gasteiger partial charge in [0.1, 0.15) is 0 Å². The van der Waals surface area contributed by atoms with E-state index in [0.29, 0.717) is 5.02 Å². The van der Waals surface area contributed by atoms with E-state index in [4.69, 9.17) is 17.3 Å². The Morgan fingerprint density at radius 2 is 2.16 bits per heavy atom. The van der Waals surface area contributed by atoms with Crippen LogP contribution >= 0.6 is 11.6 Å². The minimum atomic E-state index is -0.287. The van der Waals surface area contributed by atoms with E-state index in [1.807, 2.05) is 17.9 Å². The minimum Gasteiger partial charge on any atom is -0.319 e. The first-order valence-electron chi connectivity index (χ1n) is 6.57. The Kier molecular flexibility index (Phi) is 4.27. The zero-order chi connectivity index (χ0) is 14.0. The minimum absolute atomic E-state index is 0.287. The summed E-state index contributed by atoms with van der Waals surface area (Å²) in [6, 6.07) is -0.287. The molecule has 2 N–H and O–H groups in total. The second-order valence-electron chi connectivity index (χ2n) is 4.64. The Hall–Kier alpha value is -1.33. The average Bonchev–Trinajstić information content (AvgIpc) is 2.93. The van der Waals surface area contributed by atoms with Gasteiger partial charge in [-0.15, -0.1) is 0 Å². The van der Waals surface area contributed by atoms with Crippen LogP contribution in [-0.2, 0) is 20.0 Å². The summed E-state index contributed by atoms with van der Waals surface area (Å²) in [7, 11) is 1.90. The standard InChI is InChI=1S/C13H20ClN5/c1-4-6-19-13(10(14)7-16-19)12(15)9-8-18(3)17-11(9)5-2/h7-8,12H,4-6,15H2,1-3H3. The first kappa shape index (κ1) is 14.1. The van der Waals surface area contributed by atoms with E-state index in [1.54, 1.807) is 10.9 Å². The average molecular weight is 282 g/mol. The lowest BCUT2D eigenvalue weighted by molar-refractivity contribution is 0.559. The maximum atomic E-state index is 6.38. The first-order chi connectivity index (χ1) is 9.08. The predicted octanol–water partition coefficient (Wildman–Crippen LogP) is 2.29. The molecule has 0 saturated heterocycles. The summed E-state index contributed by atoms with van der Waals surface area (Å²) in [5.41, 5.74) is 9.28.